The third kappa shape index (κ3) is 5.49. The average molecular weight is 405 g/mol. The molecule has 0 amide bonds. The second kappa shape index (κ2) is 11.4. The molecule has 0 aliphatic carbocycles. The Hall–Kier alpha value is -1.57. The Morgan fingerprint density at radius 2 is 1.57 bits per heavy atom. The van der Waals surface area contributed by atoms with E-state index in [1.54, 1.807) is 0 Å². The van der Waals surface area contributed by atoms with E-state index in [9.17, 15) is 5.11 Å². The van der Waals surface area contributed by atoms with Gasteiger partial charge in [-0.2, -0.15) is 0 Å². The number of hydrogen-bond acceptors (Lipinski definition) is 3. The highest BCUT2D eigenvalue weighted by Crippen LogP contribution is 2.35. The minimum atomic E-state index is -0.207. The minimum Gasteiger partial charge on any atom is -0.508 e. The number of phenols is 1. The van der Waals surface area contributed by atoms with Crippen LogP contribution in [0, 0.1) is 27.7 Å². The predicted molar refractivity (Wildman–Crippen MR) is 122 cm³/mol. The van der Waals surface area contributed by atoms with Gasteiger partial charge >= 0.3 is 0 Å². The smallest absolute Gasteiger partial charge is 0.129 e. The maximum Gasteiger partial charge on any atom is 0.129 e. The van der Waals surface area contributed by atoms with Crippen LogP contribution < -0.4 is 4.74 Å². The van der Waals surface area contributed by atoms with Crippen molar-refractivity contribution in [2.75, 3.05) is 6.35 Å². The highest BCUT2D eigenvalue weighted by Gasteiger charge is 2.17. The van der Waals surface area contributed by atoms with Crippen molar-refractivity contribution < 1.29 is 14.7 Å². The van der Waals surface area contributed by atoms with Crippen LogP contribution in [0.5, 0.6) is 11.5 Å². The molecule has 156 valence electrons. The molecule has 2 unspecified atom stereocenters. The lowest BCUT2D eigenvalue weighted by atomic mass is 9.88. The molecule has 0 aliphatic rings. The number of rotatable bonds is 7. The monoisotopic (exact) mass is 404 g/mol. The number of aromatic hydroxyl groups is 1. The van der Waals surface area contributed by atoms with Crippen LogP contribution in [0.15, 0.2) is 18.2 Å². The second-order valence-electron chi connectivity index (χ2n) is 7.13. The first-order valence-electron chi connectivity index (χ1n) is 10.2. The fourth-order valence-electron chi connectivity index (χ4n) is 3.47. The SMILES string of the molecule is CC.CCC(C)c1cc(Cc2c(C)c(C)c(OCPO)c(C)c2C)ccc1O. The standard InChI is InChI=1S/C22H31O3P.C2H6/c1-7-13(2)19-10-18(8-9-21(19)23)11-20-14(3)16(5)22(25-12-26-24)17(6)15(20)4;1-2/h8-10,13,23-24,26H,7,11-12H2,1-6H3;1-2H3. The van der Waals surface area contributed by atoms with Crippen molar-refractivity contribution in [2.45, 2.75) is 74.1 Å². The van der Waals surface area contributed by atoms with Crippen molar-refractivity contribution in [3.8, 4) is 11.5 Å². The lowest BCUT2D eigenvalue weighted by molar-refractivity contribution is 0.374. The molecule has 0 radical (unpaired) electrons. The van der Waals surface area contributed by atoms with Gasteiger partial charge in [-0.05, 0) is 91.5 Å². The van der Waals surface area contributed by atoms with Crippen molar-refractivity contribution in [3.05, 3.63) is 57.1 Å². The number of phenolic OH excluding ortho intramolecular Hbond substituents is 1. The van der Waals surface area contributed by atoms with Crippen molar-refractivity contribution in [1.82, 2.24) is 0 Å². The first kappa shape index (κ1) is 24.5. The van der Waals surface area contributed by atoms with Crippen LogP contribution in [0.1, 0.15) is 79.0 Å². The van der Waals surface area contributed by atoms with Crippen LogP contribution in [0.2, 0.25) is 0 Å². The van der Waals surface area contributed by atoms with Crippen molar-refractivity contribution >= 4 is 8.81 Å². The van der Waals surface area contributed by atoms with E-state index in [0.717, 1.165) is 35.3 Å². The lowest BCUT2D eigenvalue weighted by Gasteiger charge is -2.21. The maximum atomic E-state index is 10.2. The molecule has 0 saturated heterocycles. The Bertz CT molecular complexity index is 755. The van der Waals surface area contributed by atoms with E-state index in [1.165, 1.54) is 22.3 Å². The Labute approximate surface area is 173 Å². The van der Waals surface area contributed by atoms with Gasteiger partial charge in [0.1, 0.15) is 17.8 Å². The van der Waals surface area contributed by atoms with E-state index < -0.39 is 0 Å². The molecule has 28 heavy (non-hydrogen) atoms. The topological polar surface area (TPSA) is 49.7 Å². The van der Waals surface area contributed by atoms with Gasteiger partial charge in [0.25, 0.3) is 0 Å². The largest absolute Gasteiger partial charge is 0.508 e. The zero-order valence-corrected chi connectivity index (χ0v) is 19.7. The minimum absolute atomic E-state index is 0.207. The quantitative estimate of drug-likeness (QED) is 0.506. The second-order valence-corrected chi connectivity index (χ2v) is 7.74. The molecule has 0 heterocycles. The highest BCUT2D eigenvalue weighted by atomic mass is 31.1. The molecule has 0 saturated carbocycles. The summed E-state index contributed by atoms with van der Waals surface area (Å²) in [7, 11) is -0.207. The van der Waals surface area contributed by atoms with E-state index in [0.29, 0.717) is 18.0 Å². The molecular formula is C24H37O3P. The number of ether oxygens (including phenoxy) is 1. The molecule has 4 heteroatoms. The van der Waals surface area contributed by atoms with E-state index in [-0.39, 0.29) is 8.81 Å². The summed E-state index contributed by atoms with van der Waals surface area (Å²) in [5.41, 5.74) is 8.32. The molecular weight excluding hydrogens is 367 g/mol. The van der Waals surface area contributed by atoms with Crippen LogP contribution in [-0.2, 0) is 6.42 Å². The van der Waals surface area contributed by atoms with Crippen LogP contribution in [-0.4, -0.2) is 16.3 Å². The molecule has 0 spiro atoms. The molecule has 0 bridgehead atoms. The van der Waals surface area contributed by atoms with E-state index in [4.69, 9.17) is 9.63 Å². The van der Waals surface area contributed by atoms with Gasteiger partial charge in [0.05, 0.1) is 0 Å². The molecule has 2 aromatic carbocycles. The van der Waals surface area contributed by atoms with Crippen LogP contribution in [0.4, 0.5) is 0 Å². The Morgan fingerprint density at radius 1 is 1.00 bits per heavy atom. The third-order valence-electron chi connectivity index (χ3n) is 5.61. The first-order valence-corrected chi connectivity index (χ1v) is 11.4. The molecule has 2 atom stereocenters. The van der Waals surface area contributed by atoms with Crippen LogP contribution >= 0.6 is 8.81 Å². The number of benzene rings is 2. The van der Waals surface area contributed by atoms with Crippen molar-refractivity contribution in [3.63, 3.8) is 0 Å². The summed E-state index contributed by atoms with van der Waals surface area (Å²) in [6.45, 7) is 16.7. The zero-order chi connectivity index (χ0) is 21.4. The van der Waals surface area contributed by atoms with E-state index in [1.807, 2.05) is 26.0 Å². The summed E-state index contributed by atoms with van der Waals surface area (Å²) in [5.74, 6) is 1.63. The summed E-state index contributed by atoms with van der Waals surface area (Å²) in [5, 5.41) is 10.2. The van der Waals surface area contributed by atoms with Gasteiger partial charge in [-0.1, -0.05) is 39.8 Å². The summed E-state index contributed by atoms with van der Waals surface area (Å²) in [4.78, 5) is 9.09. The molecule has 0 fully saturated rings. The van der Waals surface area contributed by atoms with E-state index in [2.05, 4.69) is 47.6 Å². The highest BCUT2D eigenvalue weighted by molar-refractivity contribution is 7.30. The lowest BCUT2D eigenvalue weighted by Crippen LogP contribution is -2.06. The third-order valence-corrected chi connectivity index (χ3v) is 5.88. The summed E-state index contributed by atoms with van der Waals surface area (Å²) < 4.78 is 5.79. The molecule has 2 rings (SSSR count). The van der Waals surface area contributed by atoms with Crippen LogP contribution in [0.3, 0.4) is 0 Å². The van der Waals surface area contributed by atoms with Gasteiger partial charge in [-0.25, -0.2) is 0 Å². The maximum absolute atomic E-state index is 10.2. The van der Waals surface area contributed by atoms with Gasteiger partial charge < -0.3 is 14.7 Å². The summed E-state index contributed by atoms with van der Waals surface area (Å²) in [6.07, 6.45) is 2.19. The Balaban J connectivity index is 0.00000190. The van der Waals surface area contributed by atoms with Gasteiger partial charge in [0.15, 0.2) is 0 Å². The summed E-state index contributed by atoms with van der Waals surface area (Å²) in [6, 6.07) is 5.98. The van der Waals surface area contributed by atoms with Gasteiger partial charge in [-0.15, -0.1) is 0 Å². The fraction of sp³-hybridized carbons (Fsp3) is 0.500. The first-order chi connectivity index (χ1) is 13.3. The normalized spacial score (nSPS) is 12.0. The molecule has 0 aromatic heterocycles. The van der Waals surface area contributed by atoms with Gasteiger partial charge in [0.2, 0.25) is 0 Å². The predicted octanol–water partition coefficient (Wildman–Crippen LogP) is 6.68. The molecule has 2 N–H and O–H groups in total. The van der Waals surface area contributed by atoms with Crippen LogP contribution in [0.25, 0.3) is 0 Å². The Morgan fingerprint density at radius 3 is 2.07 bits per heavy atom. The van der Waals surface area contributed by atoms with Gasteiger partial charge in [-0.3, -0.25) is 0 Å². The summed E-state index contributed by atoms with van der Waals surface area (Å²) >= 11 is 0. The zero-order valence-electron chi connectivity index (χ0n) is 18.7. The Kier molecular flexibility index (Phi) is 9.99. The molecule has 0 aliphatic heterocycles. The number of hydrogen-bond donors (Lipinski definition) is 2. The molecule has 2 aromatic rings. The average Bonchev–Trinajstić information content (AvgIpc) is 2.71. The fourth-order valence-corrected chi connectivity index (χ4v) is 3.68. The van der Waals surface area contributed by atoms with Crippen molar-refractivity contribution in [2.24, 2.45) is 0 Å². The van der Waals surface area contributed by atoms with E-state index >= 15 is 0 Å². The molecule has 3 nitrogen and oxygen atoms in total. The van der Waals surface area contributed by atoms with Gasteiger partial charge in [0, 0.05) is 8.81 Å². The van der Waals surface area contributed by atoms with Crippen molar-refractivity contribution in [1.29, 1.82) is 0 Å².